The van der Waals surface area contributed by atoms with E-state index in [9.17, 15) is 0 Å². The van der Waals surface area contributed by atoms with Gasteiger partial charge in [-0.15, -0.1) is 10.2 Å². The number of halogens is 2. The number of aromatic nitrogens is 3. The highest BCUT2D eigenvalue weighted by Crippen LogP contribution is 2.25. The topological polar surface area (TPSA) is 42.7 Å². The predicted molar refractivity (Wildman–Crippen MR) is 64.8 cm³/mol. The Kier molecular flexibility index (Phi) is 3.31. The highest BCUT2D eigenvalue weighted by Gasteiger charge is 2.03. The molecule has 0 radical (unpaired) electrons. The number of nitrogens with one attached hydrogen (secondary N) is 1. The standard InChI is InChI=1S/C10H10Cl2N4/c1-16-6-14-15-10(16)5-13-9-4-7(11)2-3-8(9)12/h2-4,6,13H,5H2,1H3. The van der Waals surface area contributed by atoms with E-state index < -0.39 is 0 Å². The summed E-state index contributed by atoms with van der Waals surface area (Å²) in [5.41, 5.74) is 0.789. The minimum absolute atomic E-state index is 0.552. The van der Waals surface area contributed by atoms with Gasteiger partial charge in [0.25, 0.3) is 0 Å². The Hall–Kier alpha value is -1.26. The average Bonchev–Trinajstić information content (AvgIpc) is 2.66. The minimum Gasteiger partial charge on any atom is -0.376 e. The Bertz CT molecular complexity index is 495. The minimum atomic E-state index is 0.552. The van der Waals surface area contributed by atoms with E-state index >= 15 is 0 Å². The third kappa shape index (κ3) is 2.46. The van der Waals surface area contributed by atoms with Gasteiger partial charge >= 0.3 is 0 Å². The number of anilines is 1. The number of nitrogens with zero attached hydrogens (tertiary/aromatic N) is 3. The van der Waals surface area contributed by atoms with E-state index in [4.69, 9.17) is 23.2 Å². The van der Waals surface area contributed by atoms with E-state index in [0.717, 1.165) is 11.5 Å². The predicted octanol–water partition coefficient (Wildman–Crippen LogP) is 2.73. The number of hydrogen-bond donors (Lipinski definition) is 1. The van der Waals surface area contributed by atoms with Crippen LogP contribution in [0.3, 0.4) is 0 Å². The van der Waals surface area contributed by atoms with Gasteiger partial charge in [-0.25, -0.2) is 0 Å². The lowest BCUT2D eigenvalue weighted by Crippen LogP contribution is -2.05. The fourth-order valence-corrected chi connectivity index (χ4v) is 1.63. The Labute approximate surface area is 103 Å². The molecule has 16 heavy (non-hydrogen) atoms. The summed E-state index contributed by atoms with van der Waals surface area (Å²) in [6, 6.07) is 5.28. The molecule has 0 saturated carbocycles. The first-order chi connectivity index (χ1) is 7.66. The van der Waals surface area contributed by atoms with Crippen LogP contribution in [-0.4, -0.2) is 14.8 Å². The Morgan fingerprint density at radius 3 is 2.88 bits per heavy atom. The molecule has 0 aliphatic carbocycles. The van der Waals surface area contributed by atoms with E-state index in [2.05, 4.69) is 15.5 Å². The molecule has 0 atom stereocenters. The van der Waals surface area contributed by atoms with Gasteiger partial charge in [0.2, 0.25) is 0 Å². The molecular weight excluding hydrogens is 247 g/mol. The molecular formula is C10H10Cl2N4. The maximum atomic E-state index is 6.01. The molecule has 0 aliphatic heterocycles. The monoisotopic (exact) mass is 256 g/mol. The highest BCUT2D eigenvalue weighted by atomic mass is 35.5. The van der Waals surface area contributed by atoms with Gasteiger partial charge in [-0.2, -0.15) is 0 Å². The molecule has 0 amide bonds. The number of benzene rings is 1. The lowest BCUT2D eigenvalue weighted by atomic mass is 10.3. The molecule has 1 N–H and O–H groups in total. The molecule has 2 rings (SSSR count). The summed E-state index contributed by atoms with van der Waals surface area (Å²) in [4.78, 5) is 0. The zero-order valence-corrected chi connectivity index (χ0v) is 10.1. The van der Waals surface area contributed by atoms with Crippen LogP contribution in [0.5, 0.6) is 0 Å². The third-order valence-electron chi connectivity index (χ3n) is 2.17. The van der Waals surface area contributed by atoms with Crippen molar-refractivity contribution in [2.24, 2.45) is 7.05 Å². The summed E-state index contributed by atoms with van der Waals surface area (Å²) in [5, 5.41) is 12.2. The van der Waals surface area contributed by atoms with Crippen molar-refractivity contribution < 1.29 is 0 Å². The number of aryl methyl sites for hydroxylation is 1. The van der Waals surface area contributed by atoms with Gasteiger partial charge in [0.05, 0.1) is 17.3 Å². The Morgan fingerprint density at radius 1 is 1.38 bits per heavy atom. The van der Waals surface area contributed by atoms with Crippen molar-refractivity contribution in [3.8, 4) is 0 Å². The Morgan fingerprint density at radius 2 is 2.19 bits per heavy atom. The summed E-state index contributed by atoms with van der Waals surface area (Å²) in [7, 11) is 1.89. The van der Waals surface area contributed by atoms with Crippen LogP contribution in [0, 0.1) is 0 Å². The van der Waals surface area contributed by atoms with Gasteiger partial charge < -0.3 is 9.88 Å². The van der Waals surface area contributed by atoms with E-state index in [0.29, 0.717) is 16.6 Å². The molecule has 4 nitrogen and oxygen atoms in total. The maximum absolute atomic E-state index is 6.01. The molecule has 1 aromatic carbocycles. The fourth-order valence-electron chi connectivity index (χ4n) is 1.27. The van der Waals surface area contributed by atoms with Gasteiger partial charge in [-0.3, -0.25) is 0 Å². The maximum Gasteiger partial charge on any atom is 0.151 e. The van der Waals surface area contributed by atoms with Crippen LogP contribution in [0.2, 0.25) is 10.0 Å². The zero-order chi connectivity index (χ0) is 11.5. The van der Waals surface area contributed by atoms with Gasteiger partial charge in [0.1, 0.15) is 6.33 Å². The molecule has 0 bridgehead atoms. The SMILES string of the molecule is Cn1cnnc1CNc1cc(Cl)ccc1Cl. The summed E-state index contributed by atoms with van der Waals surface area (Å²) < 4.78 is 1.84. The smallest absolute Gasteiger partial charge is 0.151 e. The van der Waals surface area contributed by atoms with Crippen molar-refractivity contribution in [2.75, 3.05) is 5.32 Å². The summed E-state index contributed by atoms with van der Waals surface area (Å²) >= 11 is 11.9. The summed E-state index contributed by atoms with van der Waals surface area (Å²) in [6.07, 6.45) is 1.65. The third-order valence-corrected chi connectivity index (χ3v) is 2.74. The second kappa shape index (κ2) is 4.72. The zero-order valence-electron chi connectivity index (χ0n) is 8.61. The molecule has 2 aromatic rings. The first-order valence-corrected chi connectivity index (χ1v) is 5.44. The van der Waals surface area contributed by atoms with Gasteiger partial charge in [0, 0.05) is 12.1 Å². The quantitative estimate of drug-likeness (QED) is 0.919. The first kappa shape index (κ1) is 11.2. The van der Waals surface area contributed by atoms with Crippen LogP contribution in [0.25, 0.3) is 0 Å². The molecule has 84 valence electrons. The van der Waals surface area contributed by atoms with Gasteiger partial charge in [-0.1, -0.05) is 23.2 Å². The summed E-state index contributed by atoms with van der Waals surface area (Å²) in [5.74, 6) is 0.830. The number of rotatable bonds is 3. The van der Waals surface area contributed by atoms with Crippen LogP contribution in [-0.2, 0) is 13.6 Å². The molecule has 0 fully saturated rings. The molecule has 1 aromatic heterocycles. The molecule has 0 unspecified atom stereocenters. The van der Waals surface area contributed by atoms with Gasteiger partial charge in [0.15, 0.2) is 5.82 Å². The Balaban J connectivity index is 2.10. The molecule has 6 heteroatoms. The molecule has 0 saturated heterocycles. The summed E-state index contributed by atoms with van der Waals surface area (Å²) in [6.45, 7) is 0.552. The average molecular weight is 257 g/mol. The second-order valence-electron chi connectivity index (χ2n) is 3.34. The van der Waals surface area contributed by atoms with Crippen molar-refractivity contribution in [2.45, 2.75) is 6.54 Å². The van der Waals surface area contributed by atoms with E-state index in [1.54, 1.807) is 24.5 Å². The van der Waals surface area contributed by atoms with Crippen LogP contribution >= 0.6 is 23.2 Å². The van der Waals surface area contributed by atoms with E-state index in [-0.39, 0.29) is 0 Å². The second-order valence-corrected chi connectivity index (χ2v) is 4.18. The van der Waals surface area contributed by atoms with Crippen molar-refractivity contribution in [3.05, 3.63) is 40.4 Å². The lowest BCUT2D eigenvalue weighted by Gasteiger charge is -2.07. The van der Waals surface area contributed by atoms with Crippen molar-refractivity contribution >= 4 is 28.9 Å². The van der Waals surface area contributed by atoms with Crippen LogP contribution < -0.4 is 5.32 Å². The number of hydrogen-bond acceptors (Lipinski definition) is 3. The normalized spacial score (nSPS) is 10.4. The molecule has 1 heterocycles. The van der Waals surface area contributed by atoms with Crippen LogP contribution in [0.15, 0.2) is 24.5 Å². The molecule has 0 aliphatic rings. The highest BCUT2D eigenvalue weighted by molar-refractivity contribution is 6.35. The van der Waals surface area contributed by atoms with Crippen LogP contribution in [0.4, 0.5) is 5.69 Å². The van der Waals surface area contributed by atoms with Crippen molar-refractivity contribution in [1.82, 2.24) is 14.8 Å². The van der Waals surface area contributed by atoms with Crippen molar-refractivity contribution in [1.29, 1.82) is 0 Å². The fraction of sp³-hybridized carbons (Fsp3) is 0.200. The van der Waals surface area contributed by atoms with E-state index in [1.165, 1.54) is 0 Å². The van der Waals surface area contributed by atoms with E-state index in [1.807, 2.05) is 11.6 Å². The van der Waals surface area contributed by atoms with Crippen LogP contribution in [0.1, 0.15) is 5.82 Å². The van der Waals surface area contributed by atoms with Crippen molar-refractivity contribution in [3.63, 3.8) is 0 Å². The largest absolute Gasteiger partial charge is 0.376 e. The lowest BCUT2D eigenvalue weighted by molar-refractivity contribution is 0.812. The van der Waals surface area contributed by atoms with Gasteiger partial charge in [-0.05, 0) is 18.2 Å². The first-order valence-electron chi connectivity index (χ1n) is 4.68. The molecule has 0 spiro atoms.